The summed E-state index contributed by atoms with van der Waals surface area (Å²) in [6, 6.07) is 20.0. The molecular formula is C22H16ClN5. The number of hydrogen-bond donors (Lipinski definition) is 1. The average Bonchev–Trinajstić information content (AvgIpc) is 3.36. The van der Waals surface area contributed by atoms with Gasteiger partial charge in [0.25, 0.3) is 0 Å². The van der Waals surface area contributed by atoms with Crippen LogP contribution in [-0.2, 0) is 6.54 Å². The Morgan fingerprint density at radius 1 is 0.929 bits per heavy atom. The molecule has 5 aromatic rings. The van der Waals surface area contributed by atoms with Gasteiger partial charge in [0.15, 0.2) is 11.6 Å². The fourth-order valence-electron chi connectivity index (χ4n) is 3.37. The highest BCUT2D eigenvalue weighted by Crippen LogP contribution is 2.30. The highest BCUT2D eigenvalue weighted by Gasteiger charge is 2.14. The number of aromatic amines is 1. The molecule has 3 heterocycles. The van der Waals surface area contributed by atoms with Gasteiger partial charge in [0.2, 0.25) is 0 Å². The number of halogens is 1. The maximum atomic E-state index is 6.02. The first-order valence-corrected chi connectivity index (χ1v) is 9.31. The van der Waals surface area contributed by atoms with Crippen LogP contribution in [-0.4, -0.2) is 24.7 Å². The summed E-state index contributed by atoms with van der Waals surface area (Å²) in [5.74, 6) is 1.41. The Bertz CT molecular complexity index is 1240. The lowest BCUT2D eigenvalue weighted by Gasteiger charge is -2.05. The second-order valence-electron chi connectivity index (χ2n) is 6.56. The van der Waals surface area contributed by atoms with Crippen molar-refractivity contribution < 1.29 is 0 Å². The quantitative estimate of drug-likeness (QED) is 0.463. The Morgan fingerprint density at radius 2 is 1.71 bits per heavy atom. The predicted octanol–water partition coefficient (Wildman–Crippen LogP) is 5.19. The number of aromatic nitrogens is 5. The Labute approximate surface area is 166 Å². The van der Waals surface area contributed by atoms with Crippen molar-refractivity contribution in [2.45, 2.75) is 6.54 Å². The zero-order valence-corrected chi connectivity index (χ0v) is 15.6. The summed E-state index contributed by atoms with van der Waals surface area (Å²) in [5.41, 5.74) is 4.29. The molecule has 5 rings (SSSR count). The number of benzene rings is 2. The van der Waals surface area contributed by atoms with E-state index in [0.717, 1.165) is 39.4 Å². The van der Waals surface area contributed by atoms with Crippen LogP contribution in [0.3, 0.4) is 0 Å². The molecule has 1 N–H and O–H groups in total. The van der Waals surface area contributed by atoms with Crippen LogP contribution in [0.15, 0.2) is 79.3 Å². The molecule has 6 heteroatoms. The van der Waals surface area contributed by atoms with E-state index in [1.807, 2.05) is 48.5 Å². The molecule has 136 valence electrons. The van der Waals surface area contributed by atoms with Crippen molar-refractivity contribution in [3.63, 3.8) is 0 Å². The van der Waals surface area contributed by atoms with E-state index >= 15 is 0 Å². The van der Waals surface area contributed by atoms with Gasteiger partial charge >= 0.3 is 0 Å². The molecule has 0 unspecified atom stereocenters. The number of fused-ring (bicyclic) bond motifs is 1. The summed E-state index contributed by atoms with van der Waals surface area (Å²) in [4.78, 5) is 8.76. The summed E-state index contributed by atoms with van der Waals surface area (Å²) < 4.78 is 2.22. The van der Waals surface area contributed by atoms with Crippen molar-refractivity contribution in [3.05, 3.63) is 89.8 Å². The van der Waals surface area contributed by atoms with Crippen LogP contribution in [0.25, 0.3) is 33.7 Å². The number of para-hydroxylation sites is 1. The summed E-state index contributed by atoms with van der Waals surface area (Å²) in [7, 11) is 0. The predicted molar refractivity (Wildman–Crippen MR) is 111 cm³/mol. The number of nitrogens with one attached hydrogen (secondary N) is 1. The number of rotatable bonds is 4. The van der Waals surface area contributed by atoms with Crippen LogP contribution in [0.4, 0.5) is 0 Å². The van der Waals surface area contributed by atoms with Gasteiger partial charge in [-0.15, -0.1) is 0 Å². The Kier molecular flexibility index (Phi) is 4.14. The van der Waals surface area contributed by atoms with Gasteiger partial charge in [-0.05, 0) is 35.9 Å². The first-order chi connectivity index (χ1) is 13.8. The van der Waals surface area contributed by atoms with Gasteiger partial charge in [0, 0.05) is 52.2 Å². The van der Waals surface area contributed by atoms with Crippen LogP contribution in [0.5, 0.6) is 0 Å². The van der Waals surface area contributed by atoms with Crippen LogP contribution >= 0.6 is 11.6 Å². The lowest BCUT2D eigenvalue weighted by molar-refractivity contribution is 0.837. The van der Waals surface area contributed by atoms with Crippen molar-refractivity contribution >= 4 is 22.5 Å². The van der Waals surface area contributed by atoms with Gasteiger partial charge in [-0.1, -0.05) is 41.9 Å². The molecule has 28 heavy (non-hydrogen) atoms. The summed E-state index contributed by atoms with van der Waals surface area (Å²) in [6.07, 6.45) is 5.60. The smallest absolute Gasteiger partial charge is 0.181 e. The summed E-state index contributed by atoms with van der Waals surface area (Å²) in [6.45, 7) is 0.753. The molecule has 0 fully saturated rings. The third kappa shape index (κ3) is 3.06. The van der Waals surface area contributed by atoms with E-state index in [-0.39, 0.29) is 0 Å². The lowest BCUT2D eigenvalue weighted by Crippen LogP contribution is -1.97. The normalized spacial score (nSPS) is 11.2. The molecule has 0 aliphatic carbocycles. The van der Waals surface area contributed by atoms with Crippen LogP contribution in [0, 0.1) is 0 Å². The molecule has 5 nitrogen and oxygen atoms in total. The van der Waals surface area contributed by atoms with Gasteiger partial charge in [0.1, 0.15) is 0 Å². The van der Waals surface area contributed by atoms with Crippen LogP contribution in [0.2, 0.25) is 5.02 Å². The van der Waals surface area contributed by atoms with E-state index in [9.17, 15) is 0 Å². The second-order valence-corrected chi connectivity index (χ2v) is 6.99. The maximum absolute atomic E-state index is 6.02. The van der Waals surface area contributed by atoms with Crippen molar-refractivity contribution in [1.29, 1.82) is 0 Å². The first-order valence-electron chi connectivity index (χ1n) is 8.93. The molecule has 0 atom stereocenters. The SMILES string of the molecule is Clc1ccc(Cn2cc(-c3nc(-c4ccncc4)n[nH]3)c3ccccc32)cc1. The highest BCUT2D eigenvalue weighted by molar-refractivity contribution is 6.30. The fourth-order valence-corrected chi connectivity index (χ4v) is 3.49. The minimum atomic E-state index is 0.659. The van der Waals surface area contributed by atoms with Gasteiger partial charge in [0.05, 0.1) is 0 Å². The molecule has 0 radical (unpaired) electrons. The van der Waals surface area contributed by atoms with Gasteiger partial charge in [-0.25, -0.2) is 4.98 Å². The van der Waals surface area contributed by atoms with E-state index in [0.29, 0.717) is 5.82 Å². The van der Waals surface area contributed by atoms with E-state index in [1.54, 1.807) is 12.4 Å². The van der Waals surface area contributed by atoms with E-state index in [1.165, 1.54) is 5.56 Å². The number of pyridine rings is 1. The van der Waals surface area contributed by atoms with Gasteiger partial charge in [-0.2, -0.15) is 5.10 Å². The van der Waals surface area contributed by atoms with Crippen molar-refractivity contribution in [1.82, 2.24) is 24.7 Å². The zero-order chi connectivity index (χ0) is 18.9. The molecule has 2 aromatic carbocycles. The van der Waals surface area contributed by atoms with Gasteiger partial charge < -0.3 is 4.57 Å². The molecular weight excluding hydrogens is 370 g/mol. The zero-order valence-electron chi connectivity index (χ0n) is 14.9. The second kappa shape index (κ2) is 6.94. The van der Waals surface area contributed by atoms with Crippen molar-refractivity contribution in [2.75, 3.05) is 0 Å². The van der Waals surface area contributed by atoms with Crippen LogP contribution in [0.1, 0.15) is 5.56 Å². The minimum Gasteiger partial charge on any atom is -0.342 e. The average molecular weight is 386 g/mol. The van der Waals surface area contributed by atoms with E-state index in [4.69, 9.17) is 16.6 Å². The Hall–Kier alpha value is -3.44. The van der Waals surface area contributed by atoms with Crippen molar-refractivity contribution in [3.8, 4) is 22.8 Å². The van der Waals surface area contributed by atoms with E-state index < -0.39 is 0 Å². The lowest BCUT2D eigenvalue weighted by atomic mass is 10.1. The molecule has 0 spiro atoms. The maximum Gasteiger partial charge on any atom is 0.181 e. The number of nitrogens with zero attached hydrogens (tertiary/aromatic N) is 4. The Morgan fingerprint density at radius 3 is 2.54 bits per heavy atom. The molecule has 0 amide bonds. The number of hydrogen-bond acceptors (Lipinski definition) is 3. The minimum absolute atomic E-state index is 0.659. The standard InChI is InChI=1S/C22H16ClN5/c23-17-7-5-15(6-8-17)13-28-14-19(18-3-1-2-4-20(18)28)22-25-21(26-27-22)16-9-11-24-12-10-16/h1-12,14H,13H2,(H,25,26,27). The number of H-pyrrole nitrogens is 1. The Balaban J connectivity index is 1.57. The first kappa shape index (κ1) is 16.7. The van der Waals surface area contributed by atoms with E-state index in [2.05, 4.69) is 38.1 Å². The topological polar surface area (TPSA) is 59.4 Å². The summed E-state index contributed by atoms with van der Waals surface area (Å²) in [5, 5.41) is 9.35. The molecule has 0 bridgehead atoms. The van der Waals surface area contributed by atoms with Gasteiger partial charge in [-0.3, -0.25) is 10.1 Å². The third-order valence-electron chi connectivity index (χ3n) is 4.73. The third-order valence-corrected chi connectivity index (χ3v) is 4.99. The monoisotopic (exact) mass is 385 g/mol. The fraction of sp³-hybridized carbons (Fsp3) is 0.0455. The summed E-state index contributed by atoms with van der Waals surface area (Å²) >= 11 is 6.02. The van der Waals surface area contributed by atoms with Crippen LogP contribution < -0.4 is 0 Å². The largest absolute Gasteiger partial charge is 0.342 e. The molecule has 0 saturated heterocycles. The molecule has 0 aliphatic rings. The van der Waals surface area contributed by atoms with Crippen molar-refractivity contribution in [2.24, 2.45) is 0 Å². The molecule has 0 saturated carbocycles. The molecule has 3 aromatic heterocycles. The highest BCUT2D eigenvalue weighted by atomic mass is 35.5. The molecule has 0 aliphatic heterocycles.